The Morgan fingerprint density at radius 2 is 2.22 bits per heavy atom. The summed E-state index contributed by atoms with van der Waals surface area (Å²) in [5.41, 5.74) is 2.17. The van der Waals surface area contributed by atoms with E-state index in [-0.39, 0.29) is 12.0 Å². The van der Waals surface area contributed by atoms with Crippen molar-refractivity contribution in [3.8, 4) is 0 Å². The molecule has 2 unspecified atom stereocenters. The highest BCUT2D eigenvalue weighted by Gasteiger charge is 2.36. The van der Waals surface area contributed by atoms with Gasteiger partial charge in [-0.1, -0.05) is 30.3 Å². The van der Waals surface area contributed by atoms with Gasteiger partial charge in [-0.25, -0.2) is 4.98 Å². The highest BCUT2D eigenvalue weighted by Crippen LogP contribution is 2.23. The lowest BCUT2D eigenvalue weighted by Crippen LogP contribution is -2.36. The van der Waals surface area contributed by atoms with Crippen molar-refractivity contribution in [3.05, 3.63) is 52.0 Å². The highest BCUT2D eigenvalue weighted by molar-refractivity contribution is 7.09. The Balaban J connectivity index is 1.65. The number of rotatable bonds is 5. The number of aliphatic hydroxyl groups is 1. The van der Waals surface area contributed by atoms with Crippen LogP contribution in [-0.2, 0) is 22.5 Å². The van der Waals surface area contributed by atoms with Crippen LogP contribution in [0.2, 0.25) is 0 Å². The molecule has 0 bridgehead atoms. The van der Waals surface area contributed by atoms with Crippen LogP contribution in [0.15, 0.2) is 35.7 Å². The number of benzene rings is 1. The maximum absolute atomic E-state index is 11.8. The Kier molecular flexibility index (Phi) is 5.05. The zero-order chi connectivity index (χ0) is 16.2. The number of thiazole rings is 1. The lowest BCUT2D eigenvalue weighted by molar-refractivity contribution is -0.146. The van der Waals surface area contributed by atoms with E-state index in [1.165, 1.54) is 12.7 Å². The van der Waals surface area contributed by atoms with Crippen molar-refractivity contribution < 1.29 is 14.6 Å². The first kappa shape index (κ1) is 16.1. The molecule has 2 heterocycles. The van der Waals surface area contributed by atoms with Gasteiger partial charge in [0.05, 0.1) is 23.9 Å². The van der Waals surface area contributed by atoms with E-state index < -0.39 is 6.10 Å². The highest BCUT2D eigenvalue weighted by atomic mass is 32.1. The van der Waals surface area contributed by atoms with E-state index >= 15 is 0 Å². The van der Waals surface area contributed by atoms with E-state index in [9.17, 15) is 9.90 Å². The van der Waals surface area contributed by atoms with Gasteiger partial charge in [-0.2, -0.15) is 0 Å². The number of methoxy groups -OCH3 is 1. The standard InChI is InChI=1S/C17H20N2O3S/c1-22-17(21)15-8-14(20)10-19(15)9-13-11-23-16(18-13)7-12-5-3-2-4-6-12/h2-6,11,14-15,20H,7-10H2,1H3. The maximum atomic E-state index is 11.8. The minimum atomic E-state index is -0.485. The number of likely N-dealkylation sites (tertiary alicyclic amines) is 1. The number of carbonyl (C=O) groups is 1. The predicted octanol–water partition coefficient (Wildman–Crippen LogP) is 1.84. The quantitative estimate of drug-likeness (QED) is 0.847. The molecule has 0 saturated carbocycles. The molecule has 1 aromatic carbocycles. The second kappa shape index (κ2) is 7.21. The molecule has 2 atom stereocenters. The zero-order valence-corrected chi connectivity index (χ0v) is 13.8. The number of carbonyl (C=O) groups excluding carboxylic acids is 1. The maximum Gasteiger partial charge on any atom is 0.323 e. The summed E-state index contributed by atoms with van der Waals surface area (Å²) in [5, 5.41) is 12.9. The molecule has 1 aliphatic rings. The van der Waals surface area contributed by atoms with Crippen LogP contribution < -0.4 is 0 Å². The summed E-state index contributed by atoms with van der Waals surface area (Å²) in [6, 6.07) is 9.85. The fraction of sp³-hybridized carbons (Fsp3) is 0.412. The van der Waals surface area contributed by atoms with Crippen LogP contribution >= 0.6 is 11.3 Å². The van der Waals surface area contributed by atoms with Crippen molar-refractivity contribution >= 4 is 17.3 Å². The van der Waals surface area contributed by atoms with Gasteiger partial charge in [-0.15, -0.1) is 11.3 Å². The SMILES string of the molecule is COC(=O)C1CC(O)CN1Cc1csc(Cc2ccccc2)n1. The third kappa shape index (κ3) is 3.96. The number of hydrogen-bond donors (Lipinski definition) is 1. The van der Waals surface area contributed by atoms with Gasteiger partial charge in [-0.05, 0) is 5.56 Å². The van der Waals surface area contributed by atoms with E-state index in [2.05, 4.69) is 17.1 Å². The van der Waals surface area contributed by atoms with Gasteiger partial charge in [-0.3, -0.25) is 9.69 Å². The summed E-state index contributed by atoms with van der Waals surface area (Å²) >= 11 is 1.63. The van der Waals surface area contributed by atoms with Crippen LogP contribution in [0.5, 0.6) is 0 Å². The average molecular weight is 332 g/mol. The van der Waals surface area contributed by atoms with Gasteiger partial charge in [0.2, 0.25) is 0 Å². The van der Waals surface area contributed by atoms with E-state index in [0.717, 1.165) is 17.1 Å². The first-order chi connectivity index (χ1) is 11.2. The van der Waals surface area contributed by atoms with Gasteiger partial charge in [0.1, 0.15) is 6.04 Å². The molecule has 6 heteroatoms. The van der Waals surface area contributed by atoms with Crippen molar-refractivity contribution in [2.75, 3.05) is 13.7 Å². The summed E-state index contributed by atoms with van der Waals surface area (Å²) in [7, 11) is 1.38. The second-order valence-electron chi connectivity index (χ2n) is 5.75. The van der Waals surface area contributed by atoms with Gasteiger partial charge >= 0.3 is 5.97 Å². The van der Waals surface area contributed by atoms with Crippen LogP contribution in [0.4, 0.5) is 0 Å². The molecule has 1 saturated heterocycles. The molecule has 0 radical (unpaired) electrons. The molecule has 23 heavy (non-hydrogen) atoms. The number of esters is 1. The van der Waals surface area contributed by atoms with Crippen LogP contribution in [0.3, 0.4) is 0 Å². The average Bonchev–Trinajstić information content (AvgIpc) is 3.14. The summed E-state index contributed by atoms with van der Waals surface area (Å²) in [6.45, 7) is 1.04. The summed E-state index contributed by atoms with van der Waals surface area (Å²) in [4.78, 5) is 18.4. The fourth-order valence-electron chi connectivity index (χ4n) is 2.92. The summed E-state index contributed by atoms with van der Waals surface area (Å²) in [6.07, 6.45) is 0.754. The number of hydrogen-bond acceptors (Lipinski definition) is 6. The molecule has 0 amide bonds. The van der Waals surface area contributed by atoms with Gasteiger partial charge in [0.25, 0.3) is 0 Å². The third-order valence-corrected chi connectivity index (χ3v) is 4.91. The van der Waals surface area contributed by atoms with E-state index in [1.807, 2.05) is 28.5 Å². The Morgan fingerprint density at radius 1 is 1.43 bits per heavy atom. The smallest absolute Gasteiger partial charge is 0.323 e. The molecule has 0 aliphatic carbocycles. The van der Waals surface area contributed by atoms with Crippen LogP contribution in [0.25, 0.3) is 0 Å². The Hall–Kier alpha value is -1.76. The molecule has 2 aromatic rings. The van der Waals surface area contributed by atoms with Crippen LogP contribution in [-0.4, -0.2) is 46.8 Å². The van der Waals surface area contributed by atoms with Crippen molar-refractivity contribution in [2.24, 2.45) is 0 Å². The lowest BCUT2D eigenvalue weighted by Gasteiger charge is -2.20. The molecule has 3 rings (SSSR count). The zero-order valence-electron chi connectivity index (χ0n) is 13.0. The largest absolute Gasteiger partial charge is 0.468 e. The molecule has 122 valence electrons. The fourth-order valence-corrected chi connectivity index (χ4v) is 3.74. The molecule has 0 spiro atoms. The first-order valence-corrected chi connectivity index (χ1v) is 8.51. The Labute approximate surface area is 139 Å². The van der Waals surface area contributed by atoms with Crippen molar-refractivity contribution in [3.63, 3.8) is 0 Å². The third-order valence-electron chi connectivity index (χ3n) is 4.02. The second-order valence-corrected chi connectivity index (χ2v) is 6.70. The Morgan fingerprint density at radius 3 is 2.96 bits per heavy atom. The van der Waals surface area contributed by atoms with E-state index in [0.29, 0.717) is 19.5 Å². The van der Waals surface area contributed by atoms with Gasteiger partial charge < -0.3 is 9.84 Å². The molecular weight excluding hydrogens is 312 g/mol. The summed E-state index contributed by atoms with van der Waals surface area (Å²) in [5.74, 6) is -0.290. The van der Waals surface area contributed by atoms with E-state index in [1.54, 1.807) is 11.3 Å². The van der Waals surface area contributed by atoms with Gasteiger partial charge in [0.15, 0.2) is 0 Å². The van der Waals surface area contributed by atoms with Crippen molar-refractivity contribution in [2.45, 2.75) is 31.5 Å². The number of aliphatic hydroxyl groups excluding tert-OH is 1. The van der Waals surface area contributed by atoms with Gasteiger partial charge in [0, 0.05) is 31.3 Å². The van der Waals surface area contributed by atoms with Crippen LogP contribution in [0.1, 0.15) is 22.7 Å². The monoisotopic (exact) mass is 332 g/mol. The van der Waals surface area contributed by atoms with Crippen molar-refractivity contribution in [1.82, 2.24) is 9.88 Å². The lowest BCUT2D eigenvalue weighted by atomic mass is 10.2. The first-order valence-electron chi connectivity index (χ1n) is 7.63. The molecule has 5 nitrogen and oxygen atoms in total. The number of ether oxygens (including phenoxy) is 1. The number of β-amino-alcohol motifs (C(OH)–C–C–N with tert-alkyl or cyclic N) is 1. The predicted molar refractivity (Wildman–Crippen MR) is 88.2 cm³/mol. The molecule has 1 aromatic heterocycles. The molecule has 1 aliphatic heterocycles. The van der Waals surface area contributed by atoms with E-state index in [4.69, 9.17) is 4.74 Å². The summed E-state index contributed by atoms with van der Waals surface area (Å²) < 4.78 is 4.83. The molecule has 1 N–H and O–H groups in total. The molecular formula is C17H20N2O3S. The number of aromatic nitrogens is 1. The normalized spacial score (nSPS) is 21.5. The van der Waals surface area contributed by atoms with Crippen LogP contribution in [0, 0.1) is 0 Å². The number of nitrogens with zero attached hydrogens (tertiary/aromatic N) is 2. The van der Waals surface area contributed by atoms with Crippen molar-refractivity contribution in [1.29, 1.82) is 0 Å². The Bertz CT molecular complexity index is 659. The minimum absolute atomic E-state index is 0.290. The topological polar surface area (TPSA) is 62.7 Å². The minimum Gasteiger partial charge on any atom is -0.468 e. The molecule has 1 fully saturated rings.